The van der Waals surface area contributed by atoms with Crippen LogP contribution in [0.15, 0.2) is 42.7 Å². The highest BCUT2D eigenvalue weighted by Gasteiger charge is 2.31. The molecule has 0 saturated heterocycles. The lowest BCUT2D eigenvalue weighted by atomic mass is 10.1. The molecule has 2 aromatic rings. The molecule has 0 fully saturated rings. The Morgan fingerprint density at radius 1 is 1.14 bits per heavy atom. The van der Waals surface area contributed by atoms with E-state index in [9.17, 15) is 0 Å². The third-order valence-electron chi connectivity index (χ3n) is 3.11. The summed E-state index contributed by atoms with van der Waals surface area (Å²) in [6.07, 6.45) is 3.34. The molecule has 0 aliphatic carbocycles. The van der Waals surface area contributed by atoms with Crippen LogP contribution in [-0.2, 0) is 4.74 Å². The molecule has 1 aromatic carbocycles. The molecule has 2 heterocycles. The van der Waals surface area contributed by atoms with Gasteiger partial charge in [-0.3, -0.25) is 4.98 Å². The first-order valence-corrected chi connectivity index (χ1v) is 7.04. The number of hydrogen-bond acceptors (Lipinski definition) is 4. The largest absolute Gasteiger partial charge is 0.486 e. The van der Waals surface area contributed by atoms with Gasteiger partial charge < -0.3 is 14.2 Å². The van der Waals surface area contributed by atoms with Crippen molar-refractivity contribution >= 4 is 0 Å². The van der Waals surface area contributed by atoms with Crippen LogP contribution in [0, 0.1) is 0 Å². The molecule has 0 unspecified atom stereocenters. The summed E-state index contributed by atoms with van der Waals surface area (Å²) in [6, 6.07) is 9.52. The Labute approximate surface area is 124 Å². The molecule has 1 aromatic heterocycles. The molecular formula is C17H19NO3. The van der Waals surface area contributed by atoms with Crippen molar-refractivity contribution in [3.05, 3.63) is 48.3 Å². The summed E-state index contributed by atoms with van der Waals surface area (Å²) in [5, 5.41) is 0. The van der Waals surface area contributed by atoms with Gasteiger partial charge in [0.1, 0.15) is 18.5 Å². The van der Waals surface area contributed by atoms with Gasteiger partial charge in [-0.1, -0.05) is 12.1 Å². The standard InChI is InChI=1S/C17H19NO3/c1-17(2,3)21-15-11-19-16-13(15)5-4-6-14(16)20-12-7-9-18-10-8-12/h4-10,15H,11H2,1-3H3/t15-/m1/s1. The van der Waals surface area contributed by atoms with E-state index in [0.29, 0.717) is 12.4 Å². The Kier molecular flexibility index (Phi) is 3.55. The highest BCUT2D eigenvalue weighted by molar-refractivity contribution is 5.51. The van der Waals surface area contributed by atoms with Crippen LogP contribution in [0.2, 0.25) is 0 Å². The maximum Gasteiger partial charge on any atom is 0.169 e. The fourth-order valence-corrected chi connectivity index (χ4v) is 2.33. The molecule has 0 bridgehead atoms. The van der Waals surface area contributed by atoms with Crippen molar-refractivity contribution in [3.63, 3.8) is 0 Å². The molecule has 1 aliphatic heterocycles. The topological polar surface area (TPSA) is 40.6 Å². The van der Waals surface area contributed by atoms with Crippen LogP contribution in [0.5, 0.6) is 17.2 Å². The number of hydrogen-bond donors (Lipinski definition) is 0. The second kappa shape index (κ2) is 5.37. The van der Waals surface area contributed by atoms with Crippen LogP contribution in [-0.4, -0.2) is 17.2 Å². The van der Waals surface area contributed by atoms with Gasteiger partial charge in [-0.15, -0.1) is 0 Å². The molecule has 0 spiro atoms. The van der Waals surface area contributed by atoms with E-state index in [-0.39, 0.29) is 11.7 Å². The van der Waals surface area contributed by atoms with E-state index in [4.69, 9.17) is 14.2 Å². The van der Waals surface area contributed by atoms with E-state index in [1.165, 1.54) is 0 Å². The molecule has 4 heteroatoms. The molecule has 0 amide bonds. The summed E-state index contributed by atoms with van der Waals surface area (Å²) in [4.78, 5) is 3.98. The van der Waals surface area contributed by atoms with Crippen molar-refractivity contribution < 1.29 is 14.2 Å². The van der Waals surface area contributed by atoms with Gasteiger partial charge in [-0.2, -0.15) is 0 Å². The summed E-state index contributed by atoms with van der Waals surface area (Å²) in [7, 11) is 0. The molecule has 0 N–H and O–H groups in total. The monoisotopic (exact) mass is 285 g/mol. The average Bonchev–Trinajstić information content (AvgIpc) is 2.82. The van der Waals surface area contributed by atoms with Crippen LogP contribution in [0.1, 0.15) is 32.4 Å². The molecule has 3 rings (SSSR count). The lowest BCUT2D eigenvalue weighted by Crippen LogP contribution is -2.23. The lowest BCUT2D eigenvalue weighted by Gasteiger charge is -2.24. The van der Waals surface area contributed by atoms with Gasteiger partial charge in [0.2, 0.25) is 0 Å². The number of para-hydroxylation sites is 1. The zero-order chi connectivity index (χ0) is 14.9. The zero-order valence-corrected chi connectivity index (χ0v) is 12.5. The fourth-order valence-electron chi connectivity index (χ4n) is 2.33. The van der Waals surface area contributed by atoms with Gasteiger partial charge in [0.15, 0.2) is 11.5 Å². The Morgan fingerprint density at radius 3 is 2.62 bits per heavy atom. The van der Waals surface area contributed by atoms with Gasteiger partial charge in [0, 0.05) is 18.0 Å². The van der Waals surface area contributed by atoms with E-state index < -0.39 is 0 Å². The molecule has 21 heavy (non-hydrogen) atoms. The number of benzene rings is 1. The Bertz CT molecular complexity index is 620. The molecular weight excluding hydrogens is 266 g/mol. The first-order chi connectivity index (χ1) is 10.0. The van der Waals surface area contributed by atoms with Gasteiger partial charge in [-0.05, 0) is 39.0 Å². The van der Waals surface area contributed by atoms with Crippen molar-refractivity contribution in [2.75, 3.05) is 6.61 Å². The van der Waals surface area contributed by atoms with Gasteiger partial charge >= 0.3 is 0 Å². The normalized spacial score (nSPS) is 17.2. The summed E-state index contributed by atoms with van der Waals surface area (Å²) < 4.78 is 17.7. The highest BCUT2D eigenvalue weighted by Crippen LogP contribution is 2.44. The van der Waals surface area contributed by atoms with Crippen molar-refractivity contribution in [1.29, 1.82) is 0 Å². The predicted octanol–water partition coefficient (Wildman–Crippen LogP) is 4.12. The van der Waals surface area contributed by atoms with Gasteiger partial charge in [0.05, 0.1) is 5.60 Å². The second-order valence-electron chi connectivity index (χ2n) is 5.99. The van der Waals surface area contributed by atoms with E-state index in [0.717, 1.165) is 17.1 Å². The van der Waals surface area contributed by atoms with Crippen molar-refractivity contribution in [3.8, 4) is 17.2 Å². The SMILES string of the molecule is CC(C)(C)O[C@@H]1COc2c(Oc3ccncc3)cccc21. The quantitative estimate of drug-likeness (QED) is 0.850. The number of aromatic nitrogens is 1. The van der Waals surface area contributed by atoms with Crippen LogP contribution in [0.25, 0.3) is 0 Å². The average molecular weight is 285 g/mol. The molecule has 1 atom stereocenters. The zero-order valence-electron chi connectivity index (χ0n) is 12.5. The van der Waals surface area contributed by atoms with Crippen molar-refractivity contribution in [2.24, 2.45) is 0 Å². The van der Waals surface area contributed by atoms with Gasteiger partial charge in [-0.25, -0.2) is 0 Å². The highest BCUT2D eigenvalue weighted by atomic mass is 16.6. The Balaban J connectivity index is 1.86. The van der Waals surface area contributed by atoms with Crippen LogP contribution in [0.4, 0.5) is 0 Å². The Hall–Kier alpha value is -2.07. The van der Waals surface area contributed by atoms with Crippen molar-refractivity contribution in [2.45, 2.75) is 32.5 Å². The Morgan fingerprint density at radius 2 is 1.90 bits per heavy atom. The van der Waals surface area contributed by atoms with Crippen LogP contribution < -0.4 is 9.47 Å². The summed E-state index contributed by atoms with van der Waals surface area (Å²) in [6.45, 7) is 6.65. The molecule has 4 nitrogen and oxygen atoms in total. The van der Waals surface area contributed by atoms with Crippen LogP contribution in [0.3, 0.4) is 0 Å². The van der Waals surface area contributed by atoms with E-state index in [1.807, 2.05) is 51.1 Å². The number of ether oxygens (including phenoxy) is 3. The maximum atomic E-state index is 6.04. The molecule has 0 saturated carbocycles. The molecule has 1 aliphatic rings. The number of pyridine rings is 1. The van der Waals surface area contributed by atoms with E-state index >= 15 is 0 Å². The second-order valence-corrected chi connectivity index (χ2v) is 5.99. The minimum Gasteiger partial charge on any atom is -0.486 e. The van der Waals surface area contributed by atoms with E-state index in [2.05, 4.69) is 4.98 Å². The fraction of sp³-hybridized carbons (Fsp3) is 0.353. The van der Waals surface area contributed by atoms with E-state index in [1.54, 1.807) is 12.4 Å². The minimum absolute atomic E-state index is 0.0546. The number of rotatable bonds is 3. The number of nitrogens with zero attached hydrogens (tertiary/aromatic N) is 1. The molecule has 0 radical (unpaired) electrons. The van der Waals surface area contributed by atoms with Gasteiger partial charge in [0.25, 0.3) is 0 Å². The lowest BCUT2D eigenvalue weighted by molar-refractivity contribution is -0.0672. The smallest absolute Gasteiger partial charge is 0.169 e. The number of fused-ring (bicyclic) bond motifs is 1. The summed E-state index contributed by atoms with van der Waals surface area (Å²) in [5.74, 6) is 2.21. The summed E-state index contributed by atoms with van der Waals surface area (Å²) >= 11 is 0. The first-order valence-electron chi connectivity index (χ1n) is 7.04. The third kappa shape index (κ3) is 3.16. The first kappa shape index (κ1) is 13.9. The minimum atomic E-state index is -0.211. The summed E-state index contributed by atoms with van der Waals surface area (Å²) in [5.41, 5.74) is 0.828. The molecule has 110 valence electrons. The third-order valence-corrected chi connectivity index (χ3v) is 3.11. The van der Waals surface area contributed by atoms with Crippen LogP contribution >= 0.6 is 0 Å². The maximum absolute atomic E-state index is 6.04. The van der Waals surface area contributed by atoms with Crippen molar-refractivity contribution in [1.82, 2.24) is 4.98 Å². The predicted molar refractivity (Wildman–Crippen MR) is 79.8 cm³/mol.